The number of methoxy groups -OCH3 is 1. The first-order valence-electron chi connectivity index (χ1n) is 5.96. The Hall–Kier alpha value is -1.40. The van der Waals surface area contributed by atoms with Crippen molar-refractivity contribution >= 4 is 15.9 Å². The molecule has 0 radical (unpaired) electrons. The molecule has 0 aliphatic rings. The summed E-state index contributed by atoms with van der Waals surface area (Å²) in [5.74, 6) is 1.98. The zero-order valence-corrected chi connectivity index (χ0v) is 12.6. The second kappa shape index (κ2) is 5.71. The highest BCUT2D eigenvalue weighted by atomic mass is 79.9. The van der Waals surface area contributed by atoms with Crippen LogP contribution in [0.25, 0.3) is 11.4 Å². The minimum atomic E-state index is -0.247. The predicted octanol–water partition coefficient (Wildman–Crippen LogP) is 3.16. The number of ether oxygens (including phenoxy) is 1. The Balaban J connectivity index is 2.30. The SMILES string of the molecule is COc1ccc(-c2noc([C@@H](N)C(C)C)n2)cc1Br. The largest absolute Gasteiger partial charge is 0.496 e. The number of benzene rings is 1. The van der Waals surface area contributed by atoms with Gasteiger partial charge >= 0.3 is 0 Å². The molecule has 0 bridgehead atoms. The summed E-state index contributed by atoms with van der Waals surface area (Å²) in [5, 5.41) is 3.96. The van der Waals surface area contributed by atoms with Gasteiger partial charge in [0.05, 0.1) is 17.6 Å². The van der Waals surface area contributed by atoms with Gasteiger partial charge in [-0.25, -0.2) is 0 Å². The Morgan fingerprint density at radius 2 is 2.11 bits per heavy atom. The average Bonchev–Trinajstić information content (AvgIpc) is 2.87. The van der Waals surface area contributed by atoms with Crippen LogP contribution in [0.3, 0.4) is 0 Å². The molecule has 0 saturated heterocycles. The van der Waals surface area contributed by atoms with E-state index in [9.17, 15) is 0 Å². The van der Waals surface area contributed by atoms with Crippen molar-refractivity contribution < 1.29 is 9.26 Å². The molecule has 1 aromatic carbocycles. The minimum Gasteiger partial charge on any atom is -0.496 e. The molecule has 0 aliphatic heterocycles. The van der Waals surface area contributed by atoms with Gasteiger partial charge in [0.25, 0.3) is 0 Å². The third kappa shape index (κ3) is 2.96. The lowest BCUT2D eigenvalue weighted by molar-refractivity contribution is 0.325. The molecule has 0 spiro atoms. The first-order valence-corrected chi connectivity index (χ1v) is 6.75. The maximum Gasteiger partial charge on any atom is 0.244 e. The molecule has 0 amide bonds. The van der Waals surface area contributed by atoms with Crippen molar-refractivity contribution in [2.75, 3.05) is 7.11 Å². The van der Waals surface area contributed by atoms with Gasteiger partial charge in [-0.3, -0.25) is 0 Å². The third-order valence-corrected chi connectivity index (χ3v) is 3.47. The first kappa shape index (κ1) is 14.0. The van der Waals surface area contributed by atoms with E-state index >= 15 is 0 Å². The molecule has 0 aliphatic carbocycles. The van der Waals surface area contributed by atoms with Crippen LogP contribution in [-0.2, 0) is 0 Å². The van der Waals surface area contributed by atoms with Gasteiger partial charge in [0, 0.05) is 5.56 Å². The van der Waals surface area contributed by atoms with Crippen LogP contribution >= 0.6 is 15.9 Å². The topological polar surface area (TPSA) is 74.2 Å². The van der Waals surface area contributed by atoms with Crippen molar-refractivity contribution in [3.8, 4) is 17.1 Å². The van der Waals surface area contributed by atoms with E-state index in [-0.39, 0.29) is 12.0 Å². The van der Waals surface area contributed by atoms with E-state index in [1.54, 1.807) is 7.11 Å². The van der Waals surface area contributed by atoms with Gasteiger partial charge in [-0.05, 0) is 40.0 Å². The Morgan fingerprint density at radius 3 is 2.68 bits per heavy atom. The van der Waals surface area contributed by atoms with Gasteiger partial charge in [0.15, 0.2) is 0 Å². The second-order valence-electron chi connectivity index (χ2n) is 4.58. The Bertz CT molecular complexity index is 569. The van der Waals surface area contributed by atoms with Gasteiger partial charge in [-0.1, -0.05) is 19.0 Å². The molecule has 19 heavy (non-hydrogen) atoms. The van der Waals surface area contributed by atoms with Gasteiger partial charge in [0.1, 0.15) is 5.75 Å². The number of halogens is 1. The quantitative estimate of drug-likeness (QED) is 0.934. The standard InChI is InChI=1S/C13H16BrN3O2/c1-7(2)11(15)13-16-12(17-19-13)8-4-5-10(18-3)9(14)6-8/h4-7,11H,15H2,1-3H3/t11-/m0/s1. The third-order valence-electron chi connectivity index (χ3n) is 2.86. The van der Waals surface area contributed by atoms with Gasteiger partial charge in [-0.15, -0.1) is 0 Å². The summed E-state index contributed by atoms with van der Waals surface area (Å²) < 4.78 is 11.2. The van der Waals surface area contributed by atoms with E-state index < -0.39 is 0 Å². The molecule has 6 heteroatoms. The number of nitrogens with zero attached hydrogens (tertiary/aromatic N) is 2. The Morgan fingerprint density at radius 1 is 1.37 bits per heavy atom. The molecular weight excluding hydrogens is 310 g/mol. The molecule has 102 valence electrons. The van der Waals surface area contributed by atoms with E-state index in [4.69, 9.17) is 15.0 Å². The summed E-state index contributed by atoms with van der Waals surface area (Å²) in [7, 11) is 1.62. The molecule has 2 rings (SSSR count). The highest BCUT2D eigenvalue weighted by Crippen LogP contribution is 2.30. The van der Waals surface area contributed by atoms with E-state index in [1.165, 1.54) is 0 Å². The minimum absolute atomic E-state index is 0.246. The molecule has 0 fully saturated rings. The highest BCUT2D eigenvalue weighted by molar-refractivity contribution is 9.10. The maximum atomic E-state index is 5.98. The number of hydrogen-bond acceptors (Lipinski definition) is 5. The van der Waals surface area contributed by atoms with Gasteiger partial charge < -0.3 is 15.0 Å². The summed E-state index contributed by atoms with van der Waals surface area (Å²) in [6, 6.07) is 5.36. The fourth-order valence-electron chi connectivity index (χ4n) is 1.58. The second-order valence-corrected chi connectivity index (χ2v) is 5.43. The van der Waals surface area contributed by atoms with Crippen LogP contribution in [0.15, 0.2) is 27.2 Å². The molecule has 0 saturated carbocycles. The Labute approximate surface area is 120 Å². The first-order chi connectivity index (χ1) is 9.02. The maximum absolute atomic E-state index is 5.98. The summed E-state index contributed by atoms with van der Waals surface area (Å²) in [6.07, 6.45) is 0. The van der Waals surface area contributed by atoms with Crippen molar-refractivity contribution in [2.45, 2.75) is 19.9 Å². The van der Waals surface area contributed by atoms with Gasteiger partial charge in [0.2, 0.25) is 11.7 Å². The molecule has 1 aromatic heterocycles. The molecule has 1 atom stereocenters. The van der Waals surface area contributed by atoms with E-state index in [0.29, 0.717) is 11.7 Å². The van der Waals surface area contributed by atoms with Crippen molar-refractivity contribution in [1.82, 2.24) is 10.1 Å². The summed E-state index contributed by atoms with van der Waals surface area (Å²) >= 11 is 3.43. The monoisotopic (exact) mass is 325 g/mol. The van der Waals surface area contributed by atoms with Crippen LogP contribution in [0.1, 0.15) is 25.8 Å². The summed E-state index contributed by atoms with van der Waals surface area (Å²) in [5.41, 5.74) is 6.83. The smallest absolute Gasteiger partial charge is 0.244 e. The molecular formula is C13H16BrN3O2. The number of hydrogen-bond donors (Lipinski definition) is 1. The van der Waals surface area contributed by atoms with E-state index in [2.05, 4.69) is 26.1 Å². The highest BCUT2D eigenvalue weighted by Gasteiger charge is 2.19. The van der Waals surface area contributed by atoms with Crippen molar-refractivity contribution in [3.05, 3.63) is 28.6 Å². The molecule has 0 unspecified atom stereocenters. The zero-order chi connectivity index (χ0) is 14.0. The molecule has 2 N–H and O–H groups in total. The fourth-order valence-corrected chi connectivity index (χ4v) is 2.12. The van der Waals surface area contributed by atoms with Crippen molar-refractivity contribution in [1.29, 1.82) is 0 Å². The van der Waals surface area contributed by atoms with Crippen LogP contribution in [0, 0.1) is 5.92 Å². The van der Waals surface area contributed by atoms with Gasteiger partial charge in [-0.2, -0.15) is 4.98 Å². The zero-order valence-electron chi connectivity index (χ0n) is 11.1. The molecule has 5 nitrogen and oxygen atoms in total. The lowest BCUT2D eigenvalue weighted by atomic mass is 10.1. The normalized spacial score (nSPS) is 12.7. The van der Waals surface area contributed by atoms with E-state index in [0.717, 1.165) is 15.8 Å². The van der Waals surface area contributed by atoms with Crippen LogP contribution in [0.2, 0.25) is 0 Å². The van der Waals surface area contributed by atoms with Crippen LogP contribution in [0.5, 0.6) is 5.75 Å². The lowest BCUT2D eigenvalue weighted by Gasteiger charge is -2.09. The summed E-state index contributed by atoms with van der Waals surface area (Å²) in [6.45, 7) is 4.02. The summed E-state index contributed by atoms with van der Waals surface area (Å²) in [4.78, 5) is 4.33. The average molecular weight is 326 g/mol. The number of nitrogens with two attached hydrogens (primary N) is 1. The lowest BCUT2D eigenvalue weighted by Crippen LogP contribution is -2.16. The molecule has 2 aromatic rings. The van der Waals surface area contributed by atoms with Crippen LogP contribution in [0.4, 0.5) is 0 Å². The number of rotatable bonds is 4. The van der Waals surface area contributed by atoms with Crippen molar-refractivity contribution in [2.24, 2.45) is 11.7 Å². The van der Waals surface area contributed by atoms with E-state index in [1.807, 2.05) is 32.0 Å². The fraction of sp³-hybridized carbons (Fsp3) is 0.385. The predicted molar refractivity (Wildman–Crippen MR) is 75.8 cm³/mol. The molecule has 1 heterocycles. The van der Waals surface area contributed by atoms with Crippen LogP contribution in [-0.4, -0.2) is 17.3 Å². The Kier molecular flexibility index (Phi) is 4.21. The van der Waals surface area contributed by atoms with Crippen LogP contribution < -0.4 is 10.5 Å². The number of aromatic nitrogens is 2. The van der Waals surface area contributed by atoms with Crippen molar-refractivity contribution in [3.63, 3.8) is 0 Å².